The van der Waals surface area contributed by atoms with Crippen molar-refractivity contribution in [3.63, 3.8) is 0 Å². The summed E-state index contributed by atoms with van der Waals surface area (Å²) in [5.74, 6) is 0.884. The number of hydrogen-bond donors (Lipinski definition) is 1. The van der Waals surface area contributed by atoms with Gasteiger partial charge in [0.2, 0.25) is 5.89 Å². The molecule has 2 amide bonds. The van der Waals surface area contributed by atoms with Gasteiger partial charge in [-0.05, 0) is 13.8 Å². The van der Waals surface area contributed by atoms with Crippen LogP contribution in [0, 0.1) is 0 Å². The Hall–Kier alpha value is -1.79. The molecule has 2 rings (SSSR count). The molecule has 0 radical (unpaired) electrons. The zero-order chi connectivity index (χ0) is 14.7. The monoisotopic (exact) mass is 281 g/mol. The van der Waals surface area contributed by atoms with Gasteiger partial charge in [-0.2, -0.15) is 0 Å². The number of hydrogen-bond acceptors (Lipinski definition) is 5. The largest absolute Gasteiger partial charge is 0.408 e. The first-order valence-corrected chi connectivity index (χ1v) is 7.11. The van der Waals surface area contributed by atoms with Gasteiger partial charge >= 0.3 is 12.0 Å². The molecule has 0 saturated carbocycles. The molecule has 0 spiro atoms. The highest BCUT2D eigenvalue weighted by atomic mass is 16.4. The maximum atomic E-state index is 11.9. The van der Waals surface area contributed by atoms with Gasteiger partial charge in [0.1, 0.15) is 0 Å². The van der Waals surface area contributed by atoms with Crippen LogP contribution in [0.3, 0.4) is 0 Å². The highest BCUT2D eigenvalue weighted by molar-refractivity contribution is 5.74. The van der Waals surface area contributed by atoms with Crippen molar-refractivity contribution in [1.29, 1.82) is 0 Å². The summed E-state index contributed by atoms with van der Waals surface area (Å²) in [6.07, 6.45) is 0. The van der Waals surface area contributed by atoms with Crippen LogP contribution in [0.4, 0.5) is 10.8 Å². The molecule has 1 saturated heterocycles. The van der Waals surface area contributed by atoms with E-state index in [1.807, 2.05) is 37.5 Å². The number of carbonyl (C=O) groups is 1. The fourth-order valence-corrected chi connectivity index (χ4v) is 2.03. The Morgan fingerprint density at radius 3 is 2.30 bits per heavy atom. The van der Waals surface area contributed by atoms with Crippen molar-refractivity contribution in [2.75, 3.05) is 31.1 Å². The van der Waals surface area contributed by atoms with E-state index in [9.17, 15) is 4.79 Å². The third kappa shape index (κ3) is 3.40. The Morgan fingerprint density at radius 2 is 1.80 bits per heavy atom. The summed E-state index contributed by atoms with van der Waals surface area (Å²) in [6, 6.07) is 0.704. The minimum absolute atomic E-state index is 0.00644. The van der Waals surface area contributed by atoms with Crippen LogP contribution >= 0.6 is 0 Å². The van der Waals surface area contributed by atoms with Crippen molar-refractivity contribution in [2.45, 2.75) is 39.7 Å². The molecule has 0 aliphatic carbocycles. The number of carbonyl (C=O) groups excluding carboxylic acids is 1. The fourth-order valence-electron chi connectivity index (χ4n) is 2.03. The van der Waals surface area contributed by atoms with Crippen molar-refractivity contribution in [3.8, 4) is 0 Å². The lowest BCUT2D eigenvalue weighted by Crippen LogP contribution is -2.53. The zero-order valence-electron chi connectivity index (χ0n) is 12.6. The third-order valence-corrected chi connectivity index (χ3v) is 3.17. The Bertz CT molecular complexity index is 449. The highest BCUT2D eigenvalue weighted by Gasteiger charge is 2.24. The van der Waals surface area contributed by atoms with Crippen molar-refractivity contribution in [1.82, 2.24) is 20.4 Å². The fraction of sp³-hybridized carbons (Fsp3) is 0.769. The van der Waals surface area contributed by atoms with Crippen LogP contribution in [-0.4, -0.2) is 53.3 Å². The molecule has 1 aliphatic heterocycles. The molecule has 1 aromatic rings. The lowest BCUT2D eigenvalue weighted by atomic mass is 10.2. The molecular weight excluding hydrogens is 258 g/mol. The van der Waals surface area contributed by atoms with Gasteiger partial charge in [-0.25, -0.2) is 4.79 Å². The molecule has 7 nitrogen and oxygen atoms in total. The zero-order valence-corrected chi connectivity index (χ0v) is 12.6. The van der Waals surface area contributed by atoms with Crippen LogP contribution in [0.15, 0.2) is 4.42 Å². The van der Waals surface area contributed by atoms with E-state index in [4.69, 9.17) is 4.42 Å². The second-order valence-electron chi connectivity index (χ2n) is 5.66. The number of nitrogens with zero attached hydrogens (tertiary/aromatic N) is 4. The van der Waals surface area contributed by atoms with Crippen LogP contribution < -0.4 is 10.2 Å². The van der Waals surface area contributed by atoms with Crippen LogP contribution in [0.1, 0.15) is 39.5 Å². The molecule has 7 heteroatoms. The molecule has 1 aliphatic rings. The van der Waals surface area contributed by atoms with E-state index in [0.717, 1.165) is 0 Å². The summed E-state index contributed by atoms with van der Waals surface area (Å²) in [6.45, 7) is 10.7. The van der Waals surface area contributed by atoms with Gasteiger partial charge in [-0.3, -0.25) is 0 Å². The second kappa shape index (κ2) is 6.11. The summed E-state index contributed by atoms with van der Waals surface area (Å²) in [5.41, 5.74) is 0. The van der Waals surface area contributed by atoms with Gasteiger partial charge in [-0.1, -0.05) is 18.9 Å². The number of piperazine rings is 1. The first kappa shape index (κ1) is 14.6. The molecule has 1 N–H and O–H groups in total. The number of anilines is 1. The smallest absolute Gasteiger partial charge is 0.318 e. The number of urea groups is 1. The molecule has 112 valence electrons. The predicted molar refractivity (Wildman–Crippen MR) is 75.8 cm³/mol. The lowest BCUT2D eigenvalue weighted by Gasteiger charge is -2.34. The van der Waals surface area contributed by atoms with E-state index in [-0.39, 0.29) is 18.0 Å². The van der Waals surface area contributed by atoms with Gasteiger partial charge in [0.25, 0.3) is 0 Å². The first-order chi connectivity index (χ1) is 9.47. The van der Waals surface area contributed by atoms with Gasteiger partial charge in [0.05, 0.1) is 0 Å². The lowest BCUT2D eigenvalue weighted by molar-refractivity contribution is 0.191. The Kier molecular flexibility index (Phi) is 4.46. The molecular formula is C13H23N5O2. The van der Waals surface area contributed by atoms with E-state index in [0.29, 0.717) is 38.1 Å². The molecule has 20 heavy (non-hydrogen) atoms. The summed E-state index contributed by atoms with van der Waals surface area (Å²) >= 11 is 0. The second-order valence-corrected chi connectivity index (χ2v) is 5.66. The average Bonchev–Trinajstić information content (AvgIpc) is 2.88. The SMILES string of the molecule is CC(C)NC(=O)N1CCN(c2nnc(C(C)C)o2)CC1. The summed E-state index contributed by atoms with van der Waals surface area (Å²) in [4.78, 5) is 15.7. The molecule has 1 aromatic heterocycles. The number of rotatable bonds is 3. The first-order valence-electron chi connectivity index (χ1n) is 7.11. The van der Waals surface area contributed by atoms with E-state index in [1.165, 1.54) is 0 Å². The molecule has 0 aromatic carbocycles. The van der Waals surface area contributed by atoms with E-state index in [2.05, 4.69) is 15.5 Å². The van der Waals surface area contributed by atoms with E-state index in [1.54, 1.807) is 0 Å². The number of nitrogens with one attached hydrogen (secondary N) is 1. The highest BCUT2D eigenvalue weighted by Crippen LogP contribution is 2.19. The molecule has 0 atom stereocenters. The van der Waals surface area contributed by atoms with Crippen molar-refractivity contribution in [2.24, 2.45) is 0 Å². The Morgan fingerprint density at radius 1 is 1.15 bits per heavy atom. The van der Waals surface area contributed by atoms with E-state index >= 15 is 0 Å². The van der Waals surface area contributed by atoms with Crippen molar-refractivity contribution < 1.29 is 9.21 Å². The predicted octanol–water partition coefficient (Wildman–Crippen LogP) is 1.43. The maximum absolute atomic E-state index is 11.9. The molecule has 0 bridgehead atoms. The number of aromatic nitrogens is 2. The van der Waals surface area contributed by atoms with Crippen LogP contribution in [0.5, 0.6) is 0 Å². The summed E-state index contributed by atoms with van der Waals surface area (Å²) < 4.78 is 5.63. The van der Waals surface area contributed by atoms with Crippen LogP contribution in [0.2, 0.25) is 0 Å². The average molecular weight is 281 g/mol. The van der Waals surface area contributed by atoms with E-state index < -0.39 is 0 Å². The normalized spacial score (nSPS) is 16.1. The Labute approximate surface area is 119 Å². The number of amides is 2. The van der Waals surface area contributed by atoms with Crippen LogP contribution in [-0.2, 0) is 0 Å². The summed E-state index contributed by atoms with van der Waals surface area (Å²) in [5, 5.41) is 11.0. The third-order valence-electron chi connectivity index (χ3n) is 3.17. The van der Waals surface area contributed by atoms with Crippen molar-refractivity contribution >= 4 is 12.0 Å². The minimum atomic E-state index is -0.00644. The minimum Gasteiger partial charge on any atom is -0.408 e. The van der Waals surface area contributed by atoms with Gasteiger partial charge in [0.15, 0.2) is 0 Å². The standard InChI is InChI=1S/C13H23N5O2/c1-9(2)11-15-16-13(20-11)18-7-5-17(6-8-18)12(19)14-10(3)4/h9-10H,5-8H2,1-4H3,(H,14,19). The Balaban J connectivity index is 1.88. The molecule has 1 fully saturated rings. The van der Waals surface area contributed by atoms with Gasteiger partial charge in [-0.15, -0.1) is 5.10 Å². The molecule has 2 heterocycles. The quantitative estimate of drug-likeness (QED) is 0.907. The van der Waals surface area contributed by atoms with Gasteiger partial charge < -0.3 is 19.5 Å². The van der Waals surface area contributed by atoms with Crippen LogP contribution in [0.25, 0.3) is 0 Å². The van der Waals surface area contributed by atoms with Gasteiger partial charge in [0, 0.05) is 38.1 Å². The molecule has 0 unspecified atom stereocenters. The van der Waals surface area contributed by atoms with Crippen molar-refractivity contribution in [3.05, 3.63) is 5.89 Å². The maximum Gasteiger partial charge on any atom is 0.318 e. The topological polar surface area (TPSA) is 74.5 Å². The summed E-state index contributed by atoms with van der Waals surface area (Å²) in [7, 11) is 0.